The first-order chi connectivity index (χ1) is 11.9. The molecule has 0 aliphatic rings. The molecule has 0 unspecified atom stereocenters. The maximum absolute atomic E-state index is 11.8. The molecule has 0 fully saturated rings. The summed E-state index contributed by atoms with van der Waals surface area (Å²) in [7, 11) is 0. The third kappa shape index (κ3) is 7.75. The fourth-order valence-electron chi connectivity index (χ4n) is 1.61. The summed E-state index contributed by atoms with van der Waals surface area (Å²) in [5.74, 6) is -4.10. The number of esters is 2. The minimum absolute atomic E-state index is 0.0174. The van der Waals surface area contributed by atoms with Crippen LogP contribution in [0.4, 0.5) is 0 Å². The quantitative estimate of drug-likeness (QED) is 0.355. The molecule has 0 saturated carbocycles. The third-order valence-corrected chi connectivity index (χ3v) is 2.67. The van der Waals surface area contributed by atoms with Crippen molar-refractivity contribution in [3.05, 3.63) is 47.5 Å². The molecule has 0 atom stereocenters. The number of aliphatic carboxylic acids is 1. The highest BCUT2D eigenvalue weighted by Gasteiger charge is 2.16. The van der Waals surface area contributed by atoms with Crippen LogP contribution in [0.2, 0.25) is 0 Å². The van der Waals surface area contributed by atoms with Crippen LogP contribution < -0.4 is 0 Å². The van der Waals surface area contributed by atoms with Gasteiger partial charge in [-0.2, -0.15) is 0 Å². The van der Waals surface area contributed by atoms with Crippen LogP contribution in [0.25, 0.3) is 0 Å². The number of carboxylic acids is 2. The molecule has 0 aliphatic heterocycles. The molecule has 0 bridgehead atoms. The van der Waals surface area contributed by atoms with E-state index in [0.717, 1.165) is 6.08 Å². The van der Waals surface area contributed by atoms with E-state index in [9.17, 15) is 19.2 Å². The summed E-state index contributed by atoms with van der Waals surface area (Å²) in [6.45, 7) is -0.169. The van der Waals surface area contributed by atoms with Gasteiger partial charge in [-0.25, -0.2) is 19.2 Å². The summed E-state index contributed by atoms with van der Waals surface area (Å²) in [4.78, 5) is 44.0. The number of ether oxygens (including phenoxy) is 3. The molecule has 1 rings (SSSR count). The zero-order valence-corrected chi connectivity index (χ0v) is 13.0. The molecule has 0 radical (unpaired) electrons. The Balaban J connectivity index is 2.22. The molecule has 1 aromatic rings. The average molecular weight is 352 g/mol. The summed E-state index contributed by atoms with van der Waals surface area (Å²) in [5.41, 5.74) is -0.219. The Morgan fingerprint density at radius 3 is 2.04 bits per heavy atom. The Labute approximate surface area is 142 Å². The highest BCUT2D eigenvalue weighted by molar-refractivity contribution is 6.02. The van der Waals surface area contributed by atoms with Crippen molar-refractivity contribution in [3.8, 4) is 0 Å². The van der Waals surface area contributed by atoms with Crippen LogP contribution in [-0.4, -0.2) is 60.5 Å². The maximum Gasteiger partial charge on any atom is 0.339 e. The second-order valence-electron chi connectivity index (χ2n) is 4.44. The summed E-state index contributed by atoms with van der Waals surface area (Å²) >= 11 is 0. The van der Waals surface area contributed by atoms with E-state index in [2.05, 4.69) is 4.74 Å². The predicted molar refractivity (Wildman–Crippen MR) is 82.2 cm³/mol. The Hall–Kier alpha value is -3.20. The lowest BCUT2D eigenvalue weighted by atomic mass is 10.1. The number of carbonyl (C=O) groups is 4. The van der Waals surface area contributed by atoms with Gasteiger partial charge in [-0.1, -0.05) is 12.1 Å². The SMILES string of the molecule is O=C(O)C=CC(=O)OCCOCCOC(=O)c1ccccc1C(=O)O. The molecule has 25 heavy (non-hydrogen) atoms. The Kier molecular flexibility index (Phi) is 8.38. The number of hydrogen-bond donors (Lipinski definition) is 2. The molecule has 9 heteroatoms. The Morgan fingerprint density at radius 2 is 1.44 bits per heavy atom. The molecule has 2 N–H and O–H groups in total. The number of hydrogen-bond acceptors (Lipinski definition) is 7. The van der Waals surface area contributed by atoms with Crippen molar-refractivity contribution in [3.63, 3.8) is 0 Å². The van der Waals surface area contributed by atoms with Crippen molar-refractivity contribution in [2.45, 2.75) is 0 Å². The van der Waals surface area contributed by atoms with Gasteiger partial charge < -0.3 is 24.4 Å². The fraction of sp³-hybridized carbons (Fsp3) is 0.250. The van der Waals surface area contributed by atoms with Crippen molar-refractivity contribution in [2.75, 3.05) is 26.4 Å². The molecular weight excluding hydrogens is 336 g/mol. The van der Waals surface area contributed by atoms with E-state index in [0.29, 0.717) is 6.08 Å². The van der Waals surface area contributed by atoms with Gasteiger partial charge in [0.25, 0.3) is 0 Å². The van der Waals surface area contributed by atoms with Gasteiger partial charge in [0.1, 0.15) is 13.2 Å². The number of carbonyl (C=O) groups excluding carboxylic acids is 2. The van der Waals surface area contributed by atoms with Crippen LogP contribution in [0, 0.1) is 0 Å². The maximum atomic E-state index is 11.8. The third-order valence-electron chi connectivity index (χ3n) is 2.67. The second-order valence-corrected chi connectivity index (χ2v) is 4.44. The topological polar surface area (TPSA) is 136 Å². The fourth-order valence-corrected chi connectivity index (χ4v) is 1.61. The van der Waals surface area contributed by atoms with Crippen LogP contribution in [0.3, 0.4) is 0 Å². The Morgan fingerprint density at radius 1 is 0.840 bits per heavy atom. The van der Waals surface area contributed by atoms with E-state index in [1.807, 2.05) is 0 Å². The number of benzene rings is 1. The van der Waals surface area contributed by atoms with Gasteiger partial charge >= 0.3 is 23.9 Å². The summed E-state index contributed by atoms with van der Waals surface area (Å²) < 4.78 is 14.6. The van der Waals surface area contributed by atoms with Gasteiger partial charge in [-0.15, -0.1) is 0 Å². The highest BCUT2D eigenvalue weighted by atomic mass is 16.6. The van der Waals surface area contributed by atoms with Gasteiger partial charge in [0, 0.05) is 12.2 Å². The molecule has 0 aliphatic carbocycles. The minimum atomic E-state index is -1.26. The van der Waals surface area contributed by atoms with E-state index in [1.165, 1.54) is 24.3 Å². The second kappa shape index (κ2) is 10.6. The number of carboxylic acid groups (broad SMARTS) is 2. The Bertz CT molecular complexity index is 663. The lowest BCUT2D eigenvalue weighted by Crippen LogP contribution is -2.16. The highest BCUT2D eigenvalue weighted by Crippen LogP contribution is 2.10. The van der Waals surface area contributed by atoms with Crippen LogP contribution in [0.15, 0.2) is 36.4 Å². The first kappa shape index (κ1) is 19.8. The van der Waals surface area contributed by atoms with Crippen LogP contribution >= 0.6 is 0 Å². The molecule has 0 saturated heterocycles. The van der Waals surface area contributed by atoms with Crippen LogP contribution in [0.1, 0.15) is 20.7 Å². The van der Waals surface area contributed by atoms with Crippen molar-refractivity contribution < 1.29 is 43.6 Å². The zero-order chi connectivity index (χ0) is 18.7. The van der Waals surface area contributed by atoms with E-state index >= 15 is 0 Å². The lowest BCUT2D eigenvalue weighted by molar-refractivity contribution is -0.140. The van der Waals surface area contributed by atoms with Crippen molar-refractivity contribution in [1.29, 1.82) is 0 Å². The van der Waals surface area contributed by atoms with Crippen molar-refractivity contribution in [1.82, 2.24) is 0 Å². The smallest absolute Gasteiger partial charge is 0.339 e. The molecule has 0 aromatic heterocycles. The molecule has 9 nitrogen and oxygen atoms in total. The van der Waals surface area contributed by atoms with Gasteiger partial charge in [-0.05, 0) is 12.1 Å². The molecule has 0 amide bonds. The van der Waals surface area contributed by atoms with Crippen LogP contribution in [-0.2, 0) is 23.8 Å². The van der Waals surface area contributed by atoms with Gasteiger partial charge in [-0.3, -0.25) is 0 Å². The average Bonchev–Trinajstić information content (AvgIpc) is 2.58. The molecule has 1 aromatic carbocycles. The zero-order valence-electron chi connectivity index (χ0n) is 13.0. The predicted octanol–water partition coefficient (Wildman–Crippen LogP) is 0.742. The normalized spacial score (nSPS) is 10.4. The van der Waals surface area contributed by atoms with E-state index in [-0.39, 0.29) is 37.6 Å². The van der Waals surface area contributed by atoms with E-state index < -0.39 is 23.9 Å². The minimum Gasteiger partial charge on any atom is -0.478 e. The first-order valence-corrected chi connectivity index (χ1v) is 7.06. The number of rotatable bonds is 10. The first-order valence-electron chi connectivity index (χ1n) is 7.06. The molecule has 0 heterocycles. The van der Waals surface area contributed by atoms with Crippen molar-refractivity contribution in [2.24, 2.45) is 0 Å². The lowest BCUT2D eigenvalue weighted by Gasteiger charge is -2.08. The van der Waals surface area contributed by atoms with Gasteiger partial charge in [0.05, 0.1) is 24.3 Å². The van der Waals surface area contributed by atoms with Gasteiger partial charge in [0.15, 0.2) is 0 Å². The van der Waals surface area contributed by atoms with Crippen molar-refractivity contribution >= 4 is 23.9 Å². The monoisotopic (exact) mass is 352 g/mol. The van der Waals surface area contributed by atoms with E-state index in [4.69, 9.17) is 19.7 Å². The van der Waals surface area contributed by atoms with Gasteiger partial charge in [0.2, 0.25) is 0 Å². The van der Waals surface area contributed by atoms with E-state index in [1.54, 1.807) is 0 Å². The largest absolute Gasteiger partial charge is 0.478 e. The molecule has 134 valence electrons. The molecule has 0 spiro atoms. The molecular formula is C16H16O9. The summed E-state index contributed by atoms with van der Waals surface area (Å²) in [6.07, 6.45) is 1.42. The van der Waals surface area contributed by atoms with Crippen LogP contribution in [0.5, 0.6) is 0 Å². The summed E-state index contributed by atoms with van der Waals surface area (Å²) in [5, 5.41) is 17.3. The number of aromatic carboxylic acids is 1. The standard InChI is InChI=1S/C16H16O9/c17-13(18)5-6-14(19)24-9-7-23-8-10-25-16(22)12-4-2-1-3-11(12)15(20)21/h1-6H,7-10H2,(H,17,18)(H,20,21). The summed E-state index contributed by atoms with van der Waals surface area (Å²) in [6, 6.07) is 5.66.